The number of carbonyl (C=O) groups is 1. The summed E-state index contributed by atoms with van der Waals surface area (Å²) in [6, 6.07) is 0. The summed E-state index contributed by atoms with van der Waals surface area (Å²) in [6.45, 7) is 11.3. The average Bonchev–Trinajstić information content (AvgIpc) is 2.16. The van der Waals surface area contributed by atoms with Crippen molar-refractivity contribution in [3.63, 3.8) is 0 Å². The second-order valence-electron chi connectivity index (χ2n) is 4.28. The number of ether oxygens (including phenoxy) is 1. The molecule has 0 aliphatic carbocycles. The van der Waals surface area contributed by atoms with Gasteiger partial charge in [-0.1, -0.05) is 20.3 Å². The fourth-order valence-electron chi connectivity index (χ4n) is 1.22. The maximum Gasteiger partial charge on any atom is 0.308 e. The van der Waals surface area contributed by atoms with E-state index in [1.807, 2.05) is 13.8 Å². The molecule has 0 aliphatic heterocycles. The van der Waals surface area contributed by atoms with Crippen LogP contribution in [0.4, 0.5) is 0 Å². The van der Waals surface area contributed by atoms with Crippen LogP contribution in [0.1, 0.15) is 33.6 Å². The first kappa shape index (κ1) is 14.6. The Kier molecular flexibility index (Phi) is 6.84. The van der Waals surface area contributed by atoms with Gasteiger partial charge >= 0.3 is 5.97 Å². The minimum Gasteiger partial charge on any atom is -0.466 e. The molecule has 0 aromatic rings. The number of esters is 1. The molecule has 1 unspecified atom stereocenters. The van der Waals surface area contributed by atoms with Gasteiger partial charge < -0.3 is 9.16 Å². The lowest BCUT2D eigenvalue weighted by molar-refractivity contribution is -0.143. The van der Waals surface area contributed by atoms with Crippen LogP contribution in [0.5, 0.6) is 0 Å². The van der Waals surface area contributed by atoms with Gasteiger partial charge in [0.2, 0.25) is 0 Å². The lowest BCUT2D eigenvalue weighted by Crippen LogP contribution is -2.39. The quantitative estimate of drug-likeness (QED) is 0.384. The largest absolute Gasteiger partial charge is 0.466 e. The molecule has 15 heavy (non-hydrogen) atoms. The normalized spacial score (nSPS) is 13.7. The zero-order valence-corrected chi connectivity index (χ0v) is 11.6. The highest BCUT2D eigenvalue weighted by Gasteiger charge is 2.36. The molecule has 1 atom stereocenters. The summed E-state index contributed by atoms with van der Waals surface area (Å²) in [5, 5.41) is 0. The number of hydrogen-bond donors (Lipinski definition) is 0. The minimum atomic E-state index is -1.90. The molecule has 0 aromatic carbocycles. The van der Waals surface area contributed by atoms with Gasteiger partial charge in [0.15, 0.2) is 8.32 Å². The molecule has 0 rings (SSSR count). The zero-order chi connectivity index (χ0) is 11.9. The fourth-order valence-corrected chi connectivity index (χ4v) is 2.87. The van der Waals surface area contributed by atoms with Crippen LogP contribution in [-0.2, 0) is 14.0 Å². The second kappa shape index (κ2) is 7.01. The first-order valence-electron chi connectivity index (χ1n) is 5.76. The van der Waals surface area contributed by atoms with E-state index in [0.717, 1.165) is 12.8 Å². The van der Waals surface area contributed by atoms with Crippen LogP contribution < -0.4 is 0 Å². The Morgan fingerprint density at radius 2 is 1.93 bits per heavy atom. The Hall–Kier alpha value is -0.353. The molecule has 0 radical (unpaired) electrons. The molecular weight excluding hydrogens is 208 g/mol. The number of hydrogen-bond acceptors (Lipinski definition) is 3. The van der Waals surface area contributed by atoms with Gasteiger partial charge in [-0.15, -0.1) is 0 Å². The molecule has 0 amide bonds. The third-order valence-corrected chi connectivity index (χ3v) is 6.01. The molecule has 4 heteroatoms. The van der Waals surface area contributed by atoms with E-state index in [1.165, 1.54) is 0 Å². The van der Waals surface area contributed by atoms with Crippen molar-refractivity contribution in [3.05, 3.63) is 0 Å². The molecular formula is C11H24O3Si. The first-order valence-corrected chi connectivity index (χ1v) is 8.74. The van der Waals surface area contributed by atoms with Crippen LogP contribution in [0.3, 0.4) is 0 Å². The summed E-state index contributed by atoms with van der Waals surface area (Å²) < 4.78 is 10.8. The van der Waals surface area contributed by atoms with Crippen molar-refractivity contribution >= 4 is 14.3 Å². The standard InChI is InChI=1S/C11H24O3Si/c1-6-8-9-13-11(12)10(3)15(4,5)14-7-2/h10H,6-9H2,1-5H3. The predicted molar refractivity (Wildman–Crippen MR) is 64.4 cm³/mol. The summed E-state index contributed by atoms with van der Waals surface area (Å²) in [4.78, 5) is 11.7. The number of rotatable bonds is 7. The van der Waals surface area contributed by atoms with Crippen molar-refractivity contribution in [3.8, 4) is 0 Å². The van der Waals surface area contributed by atoms with E-state index in [-0.39, 0.29) is 11.5 Å². The van der Waals surface area contributed by atoms with Crippen LogP contribution >= 0.6 is 0 Å². The van der Waals surface area contributed by atoms with E-state index >= 15 is 0 Å². The number of carbonyl (C=O) groups excluding carboxylic acids is 1. The number of unbranched alkanes of at least 4 members (excludes halogenated alkanes) is 1. The van der Waals surface area contributed by atoms with E-state index in [1.54, 1.807) is 0 Å². The van der Waals surface area contributed by atoms with Gasteiger partial charge in [0.05, 0.1) is 12.1 Å². The molecule has 0 spiro atoms. The van der Waals surface area contributed by atoms with Gasteiger partial charge in [0.1, 0.15) is 0 Å². The van der Waals surface area contributed by atoms with Crippen LogP contribution in [-0.4, -0.2) is 27.5 Å². The van der Waals surface area contributed by atoms with E-state index < -0.39 is 8.32 Å². The molecule has 0 aromatic heterocycles. The topological polar surface area (TPSA) is 35.5 Å². The second-order valence-corrected chi connectivity index (χ2v) is 8.64. The Labute approximate surface area is 94.3 Å². The van der Waals surface area contributed by atoms with Gasteiger partial charge in [0.25, 0.3) is 0 Å². The highest BCUT2D eigenvalue weighted by Crippen LogP contribution is 2.23. The Morgan fingerprint density at radius 3 is 2.40 bits per heavy atom. The molecule has 0 fully saturated rings. The SMILES string of the molecule is CCCCOC(=O)C(C)[Si](C)(C)OCC. The van der Waals surface area contributed by atoms with E-state index in [4.69, 9.17) is 9.16 Å². The van der Waals surface area contributed by atoms with Gasteiger partial charge in [0, 0.05) is 6.61 Å². The van der Waals surface area contributed by atoms with Crippen molar-refractivity contribution in [2.45, 2.75) is 52.2 Å². The Balaban J connectivity index is 4.06. The van der Waals surface area contributed by atoms with Gasteiger partial charge in [-0.05, 0) is 26.4 Å². The van der Waals surface area contributed by atoms with Gasteiger partial charge in [-0.2, -0.15) is 0 Å². The van der Waals surface area contributed by atoms with Crippen molar-refractivity contribution in [1.29, 1.82) is 0 Å². The molecule has 0 N–H and O–H groups in total. The molecule has 0 heterocycles. The van der Waals surface area contributed by atoms with Gasteiger partial charge in [-0.3, -0.25) is 4.79 Å². The third kappa shape index (κ3) is 5.32. The van der Waals surface area contributed by atoms with E-state index in [2.05, 4.69) is 20.0 Å². The summed E-state index contributed by atoms with van der Waals surface area (Å²) >= 11 is 0. The van der Waals surface area contributed by atoms with E-state index in [0.29, 0.717) is 13.2 Å². The summed E-state index contributed by atoms with van der Waals surface area (Å²) in [6.07, 6.45) is 1.99. The molecule has 0 aliphatic rings. The molecule has 0 bridgehead atoms. The highest BCUT2D eigenvalue weighted by molar-refractivity contribution is 6.75. The summed E-state index contributed by atoms with van der Waals surface area (Å²) in [7, 11) is -1.90. The molecule has 3 nitrogen and oxygen atoms in total. The highest BCUT2D eigenvalue weighted by atomic mass is 28.4. The molecule has 0 saturated heterocycles. The van der Waals surface area contributed by atoms with E-state index in [9.17, 15) is 4.79 Å². The predicted octanol–water partition coefficient (Wildman–Crippen LogP) is 2.96. The first-order chi connectivity index (χ1) is 6.95. The van der Waals surface area contributed by atoms with Crippen molar-refractivity contribution in [2.75, 3.05) is 13.2 Å². The Bertz CT molecular complexity index is 192. The lowest BCUT2D eigenvalue weighted by atomic mass is 10.4. The maximum atomic E-state index is 11.7. The zero-order valence-electron chi connectivity index (χ0n) is 10.6. The summed E-state index contributed by atoms with van der Waals surface area (Å²) in [5.41, 5.74) is -0.0886. The van der Waals surface area contributed by atoms with Crippen molar-refractivity contribution in [1.82, 2.24) is 0 Å². The maximum absolute atomic E-state index is 11.7. The third-order valence-electron chi connectivity index (χ3n) is 2.65. The Morgan fingerprint density at radius 1 is 1.33 bits per heavy atom. The minimum absolute atomic E-state index is 0.0886. The van der Waals surface area contributed by atoms with Crippen molar-refractivity contribution < 1.29 is 14.0 Å². The van der Waals surface area contributed by atoms with Crippen LogP contribution in [0.25, 0.3) is 0 Å². The van der Waals surface area contributed by atoms with Crippen LogP contribution in [0.2, 0.25) is 18.6 Å². The van der Waals surface area contributed by atoms with Crippen LogP contribution in [0, 0.1) is 0 Å². The lowest BCUT2D eigenvalue weighted by Gasteiger charge is -2.27. The van der Waals surface area contributed by atoms with Crippen molar-refractivity contribution in [2.24, 2.45) is 0 Å². The monoisotopic (exact) mass is 232 g/mol. The average molecular weight is 232 g/mol. The molecule has 90 valence electrons. The fraction of sp³-hybridized carbons (Fsp3) is 0.909. The summed E-state index contributed by atoms with van der Waals surface area (Å²) in [5.74, 6) is -0.103. The van der Waals surface area contributed by atoms with Crippen LogP contribution in [0.15, 0.2) is 0 Å². The van der Waals surface area contributed by atoms with Gasteiger partial charge in [-0.25, -0.2) is 0 Å². The smallest absolute Gasteiger partial charge is 0.308 e. The molecule has 0 saturated carbocycles.